The molecule has 73 heavy (non-hydrogen) atoms. The number of hydrogen-bond acceptors (Lipinski definition) is 6. The minimum absolute atomic E-state index is 0.00773. The van der Waals surface area contributed by atoms with Gasteiger partial charge in [-0.15, -0.1) is 0 Å². The lowest BCUT2D eigenvalue weighted by molar-refractivity contribution is -0.870. The van der Waals surface area contributed by atoms with Crippen molar-refractivity contribution in [3.05, 3.63) is 36.5 Å². The van der Waals surface area contributed by atoms with Gasteiger partial charge in [0.05, 0.1) is 39.9 Å². The van der Waals surface area contributed by atoms with Crippen LogP contribution in [0.5, 0.6) is 0 Å². The highest BCUT2D eigenvalue weighted by Gasteiger charge is 2.23. The van der Waals surface area contributed by atoms with Crippen molar-refractivity contribution in [2.24, 2.45) is 0 Å². The molecule has 0 bridgehead atoms. The van der Waals surface area contributed by atoms with Crippen molar-refractivity contribution in [2.45, 2.75) is 328 Å². The van der Waals surface area contributed by atoms with Crippen LogP contribution in [0.1, 0.15) is 316 Å². The Bertz CT molecular complexity index is 1280. The van der Waals surface area contributed by atoms with Gasteiger partial charge in [0.2, 0.25) is 5.91 Å². The third-order valence-corrected chi connectivity index (χ3v) is 15.5. The average molecular weight is 1050 g/mol. The van der Waals surface area contributed by atoms with Gasteiger partial charge in [0.25, 0.3) is 7.82 Å². The Labute approximate surface area is 455 Å². The van der Waals surface area contributed by atoms with Crippen LogP contribution in [0.15, 0.2) is 36.5 Å². The number of hydrogen-bond donors (Lipinski definition) is 2. The Morgan fingerprint density at radius 2 is 0.767 bits per heavy atom. The smallest absolute Gasteiger partial charge is 0.268 e. The van der Waals surface area contributed by atoms with E-state index in [-0.39, 0.29) is 12.5 Å². The van der Waals surface area contributed by atoms with Gasteiger partial charge in [0, 0.05) is 6.42 Å². The number of nitrogens with zero attached hydrogens (tertiary/aromatic N) is 1. The van der Waals surface area contributed by atoms with E-state index in [4.69, 9.17) is 9.05 Å². The predicted octanol–water partition coefficient (Wildman–Crippen LogP) is 19.1. The summed E-state index contributed by atoms with van der Waals surface area (Å²) in [5.41, 5.74) is 0. The van der Waals surface area contributed by atoms with Crippen LogP contribution in [-0.2, 0) is 18.4 Å². The maximum absolute atomic E-state index is 12.9. The zero-order valence-electron chi connectivity index (χ0n) is 49.4. The van der Waals surface area contributed by atoms with E-state index in [9.17, 15) is 19.4 Å². The molecule has 0 aliphatic carbocycles. The molecule has 0 fully saturated rings. The van der Waals surface area contributed by atoms with E-state index in [1.165, 1.54) is 244 Å². The molecule has 0 heterocycles. The minimum atomic E-state index is -4.60. The fourth-order valence-corrected chi connectivity index (χ4v) is 10.3. The van der Waals surface area contributed by atoms with Crippen LogP contribution in [-0.4, -0.2) is 68.5 Å². The first-order valence-corrected chi connectivity index (χ1v) is 33.3. The fraction of sp³-hybridized carbons (Fsp3) is 0.891. The van der Waals surface area contributed by atoms with Crippen molar-refractivity contribution < 1.29 is 32.9 Å². The lowest BCUT2D eigenvalue weighted by Gasteiger charge is -2.29. The first-order chi connectivity index (χ1) is 35.5. The predicted molar refractivity (Wildman–Crippen MR) is 316 cm³/mol. The number of carbonyl (C=O) groups excluding carboxylic acids is 1. The number of likely N-dealkylation sites (N-methyl/N-ethyl adjacent to an activating group) is 1. The van der Waals surface area contributed by atoms with Crippen molar-refractivity contribution in [2.75, 3.05) is 40.9 Å². The van der Waals surface area contributed by atoms with Crippen LogP contribution in [0, 0.1) is 0 Å². The number of carbonyl (C=O) groups is 1. The lowest BCUT2D eigenvalue weighted by Crippen LogP contribution is -2.45. The molecule has 0 aromatic rings. The molecular formula is C64H125N2O6P. The molecule has 0 spiro atoms. The first-order valence-electron chi connectivity index (χ1n) is 31.9. The van der Waals surface area contributed by atoms with Gasteiger partial charge >= 0.3 is 0 Å². The van der Waals surface area contributed by atoms with Gasteiger partial charge in [0.15, 0.2) is 0 Å². The summed E-state index contributed by atoms with van der Waals surface area (Å²) >= 11 is 0. The Hall–Kier alpha value is -1.28. The molecule has 0 rings (SSSR count). The van der Waals surface area contributed by atoms with E-state index in [1.807, 2.05) is 27.2 Å². The van der Waals surface area contributed by atoms with Gasteiger partial charge in [-0.1, -0.05) is 307 Å². The second-order valence-electron chi connectivity index (χ2n) is 23.1. The van der Waals surface area contributed by atoms with Crippen molar-refractivity contribution in [1.82, 2.24) is 5.32 Å². The maximum Gasteiger partial charge on any atom is 0.268 e. The molecule has 1 amide bonds. The molecule has 0 aliphatic rings. The molecule has 432 valence electrons. The van der Waals surface area contributed by atoms with Crippen LogP contribution in [0.25, 0.3) is 0 Å². The Morgan fingerprint density at radius 1 is 0.466 bits per heavy atom. The number of amides is 1. The molecule has 9 heteroatoms. The topological polar surface area (TPSA) is 108 Å². The van der Waals surface area contributed by atoms with Crippen LogP contribution in [0.2, 0.25) is 0 Å². The number of quaternary nitrogens is 1. The zero-order chi connectivity index (χ0) is 53.5. The number of allylic oxidation sites excluding steroid dienone is 5. The normalized spacial score (nSPS) is 14.0. The zero-order valence-corrected chi connectivity index (χ0v) is 50.3. The van der Waals surface area contributed by atoms with Gasteiger partial charge in [-0.3, -0.25) is 9.36 Å². The third-order valence-electron chi connectivity index (χ3n) is 14.6. The standard InChI is InChI=1S/C64H125N2O6P/c1-6-8-10-12-14-16-18-20-21-22-23-24-25-26-27-28-29-30-31-32-33-34-35-36-37-38-39-40-41-42-43-44-45-46-48-50-52-54-56-58-64(68)65-62(61-72-73(69,70)71-60-59-66(3,4)5)63(67)57-55-53-51-49-47-19-17-15-13-11-9-7-2/h13,15,47,49,55,57,62-63,67H,6-12,14,16-46,48,50-54,56,58-61H2,1-5H3,(H-,65,68,69,70)/b15-13+,49-47+,57-55+. The largest absolute Gasteiger partial charge is 0.756 e. The van der Waals surface area contributed by atoms with Gasteiger partial charge in [0.1, 0.15) is 13.2 Å². The van der Waals surface area contributed by atoms with Gasteiger partial charge in [-0.05, 0) is 38.5 Å². The van der Waals surface area contributed by atoms with E-state index in [0.29, 0.717) is 17.4 Å². The summed E-state index contributed by atoms with van der Waals surface area (Å²) in [4.78, 5) is 25.4. The van der Waals surface area contributed by atoms with Crippen molar-refractivity contribution in [1.29, 1.82) is 0 Å². The Kier molecular flexibility index (Phi) is 54.5. The number of phosphoric acid groups is 1. The average Bonchev–Trinajstić information content (AvgIpc) is 3.35. The van der Waals surface area contributed by atoms with Crippen LogP contribution in [0.3, 0.4) is 0 Å². The van der Waals surface area contributed by atoms with E-state index in [2.05, 4.69) is 43.5 Å². The second kappa shape index (κ2) is 55.5. The fourth-order valence-electron chi connectivity index (χ4n) is 9.59. The number of aliphatic hydroxyl groups excluding tert-OH is 1. The number of rotatable bonds is 59. The molecule has 3 unspecified atom stereocenters. The molecule has 0 aromatic heterocycles. The molecule has 0 saturated heterocycles. The van der Waals surface area contributed by atoms with Gasteiger partial charge in [-0.25, -0.2) is 0 Å². The Balaban J connectivity index is 3.83. The minimum Gasteiger partial charge on any atom is -0.756 e. The van der Waals surface area contributed by atoms with Crippen molar-refractivity contribution >= 4 is 13.7 Å². The summed E-state index contributed by atoms with van der Waals surface area (Å²) in [5.74, 6) is -0.207. The highest BCUT2D eigenvalue weighted by molar-refractivity contribution is 7.45. The Morgan fingerprint density at radius 3 is 1.10 bits per heavy atom. The van der Waals surface area contributed by atoms with E-state index in [1.54, 1.807) is 6.08 Å². The highest BCUT2D eigenvalue weighted by Crippen LogP contribution is 2.38. The maximum atomic E-state index is 12.9. The first kappa shape index (κ1) is 71.7. The van der Waals surface area contributed by atoms with E-state index >= 15 is 0 Å². The van der Waals surface area contributed by atoms with Gasteiger partial charge in [-0.2, -0.15) is 0 Å². The number of phosphoric ester groups is 1. The summed E-state index contributed by atoms with van der Waals surface area (Å²) in [6, 6.07) is -0.907. The summed E-state index contributed by atoms with van der Waals surface area (Å²) in [6.07, 6.45) is 72.9. The van der Waals surface area contributed by atoms with E-state index in [0.717, 1.165) is 51.4 Å². The summed E-state index contributed by atoms with van der Waals surface area (Å²) < 4.78 is 23.3. The molecule has 0 aromatic carbocycles. The third kappa shape index (κ3) is 58.2. The van der Waals surface area contributed by atoms with Crippen molar-refractivity contribution in [3.8, 4) is 0 Å². The quantitative estimate of drug-likeness (QED) is 0.0272. The number of aliphatic hydroxyl groups is 1. The van der Waals surface area contributed by atoms with E-state index < -0.39 is 26.6 Å². The molecule has 0 saturated carbocycles. The monoisotopic (exact) mass is 1050 g/mol. The van der Waals surface area contributed by atoms with Crippen LogP contribution in [0.4, 0.5) is 0 Å². The second-order valence-corrected chi connectivity index (χ2v) is 24.5. The highest BCUT2D eigenvalue weighted by atomic mass is 31.2. The lowest BCUT2D eigenvalue weighted by atomic mass is 10.0. The molecule has 2 N–H and O–H groups in total. The summed E-state index contributed by atoms with van der Waals surface area (Å²) in [7, 11) is 1.24. The summed E-state index contributed by atoms with van der Waals surface area (Å²) in [6.45, 7) is 4.60. The van der Waals surface area contributed by atoms with Crippen LogP contribution < -0.4 is 10.2 Å². The van der Waals surface area contributed by atoms with Crippen molar-refractivity contribution in [3.63, 3.8) is 0 Å². The molecule has 8 nitrogen and oxygen atoms in total. The van der Waals surface area contributed by atoms with Gasteiger partial charge < -0.3 is 28.8 Å². The summed E-state index contributed by atoms with van der Waals surface area (Å²) in [5, 5.41) is 13.8. The molecular weight excluding hydrogens is 924 g/mol. The van der Waals surface area contributed by atoms with Crippen LogP contribution >= 0.6 is 7.82 Å². The SMILES string of the molecule is CCCC/C=C/CC/C=C/CC/C=C/C(O)C(COP(=O)([O-])OCC[N+](C)(C)C)NC(=O)CCCCCCCCCCCCCCCCCCCCCCCCCCCCCCCCCCCCCCCCC. The molecule has 3 atom stereocenters. The number of nitrogens with one attached hydrogen (secondary N) is 1. The molecule has 0 radical (unpaired) electrons. The molecule has 0 aliphatic heterocycles. The number of unbranched alkanes of at least 4 members (excludes halogenated alkanes) is 42.